The minimum absolute atomic E-state index is 0.191. The summed E-state index contributed by atoms with van der Waals surface area (Å²) in [5.41, 5.74) is 6.04. The maximum absolute atomic E-state index is 13.0. The predicted molar refractivity (Wildman–Crippen MR) is 139 cm³/mol. The van der Waals surface area contributed by atoms with Crippen LogP contribution in [0.2, 0.25) is 0 Å². The molecule has 8 nitrogen and oxygen atoms in total. The van der Waals surface area contributed by atoms with Crippen LogP contribution in [0, 0.1) is 27.7 Å². The number of amides is 3. The normalized spacial score (nSPS) is 14.6. The number of carbonyl (C=O) groups excluding carboxylic acids is 3. The van der Waals surface area contributed by atoms with Crippen molar-refractivity contribution < 1.29 is 24.3 Å². The number of anilines is 1. The Bertz CT molecular complexity index is 1420. The summed E-state index contributed by atoms with van der Waals surface area (Å²) in [5.74, 6) is -1.97. The molecule has 2 heterocycles. The standard InChI is InChI=1S/C27H25N3O5S/c1-15-9-16(2)11-21(10-15)28-24(31)14-29-25(32)23(36-27(29)35)13-20-12-17(3)30(18(20)4)22-7-5-19(6-8-22)26(33)34/h5-13H,14H2,1-4H3,(H,28,31)(H,33,34)/b23-13+. The van der Waals surface area contributed by atoms with Crippen molar-refractivity contribution in [2.24, 2.45) is 0 Å². The van der Waals surface area contributed by atoms with Gasteiger partial charge in [-0.05, 0) is 105 Å². The molecule has 0 bridgehead atoms. The molecule has 1 saturated heterocycles. The molecule has 3 aromatic rings. The Balaban J connectivity index is 1.52. The molecule has 3 amide bonds. The number of carbonyl (C=O) groups is 4. The molecule has 4 rings (SSSR count). The van der Waals surface area contributed by atoms with Crippen molar-refractivity contribution in [3.63, 3.8) is 0 Å². The van der Waals surface area contributed by atoms with Gasteiger partial charge in [0.05, 0.1) is 10.5 Å². The molecule has 0 spiro atoms. The lowest BCUT2D eigenvalue weighted by molar-refractivity contribution is -0.127. The second-order valence-corrected chi connectivity index (χ2v) is 9.70. The van der Waals surface area contributed by atoms with Crippen molar-refractivity contribution in [2.75, 3.05) is 11.9 Å². The van der Waals surface area contributed by atoms with E-state index in [1.807, 2.05) is 56.5 Å². The van der Waals surface area contributed by atoms with Crippen LogP contribution in [-0.4, -0.2) is 44.1 Å². The first-order chi connectivity index (χ1) is 17.0. The maximum Gasteiger partial charge on any atom is 0.335 e. The van der Waals surface area contributed by atoms with Gasteiger partial charge in [-0.1, -0.05) is 6.07 Å². The van der Waals surface area contributed by atoms with Gasteiger partial charge in [0.15, 0.2) is 0 Å². The average molecular weight is 504 g/mol. The predicted octanol–water partition coefficient (Wildman–Crippen LogP) is 5.08. The number of carboxylic acid groups (broad SMARTS) is 1. The zero-order valence-electron chi connectivity index (χ0n) is 20.3. The van der Waals surface area contributed by atoms with Crippen LogP contribution in [0.3, 0.4) is 0 Å². The summed E-state index contributed by atoms with van der Waals surface area (Å²) < 4.78 is 1.94. The third-order valence-electron chi connectivity index (χ3n) is 5.81. The highest BCUT2D eigenvalue weighted by Crippen LogP contribution is 2.33. The van der Waals surface area contributed by atoms with Crippen molar-refractivity contribution in [1.82, 2.24) is 9.47 Å². The van der Waals surface area contributed by atoms with E-state index in [1.165, 1.54) is 12.1 Å². The van der Waals surface area contributed by atoms with E-state index in [9.17, 15) is 19.2 Å². The third kappa shape index (κ3) is 5.11. The Morgan fingerprint density at radius 1 is 0.972 bits per heavy atom. The van der Waals surface area contributed by atoms with Gasteiger partial charge in [-0.2, -0.15) is 0 Å². The number of aromatic nitrogens is 1. The first-order valence-electron chi connectivity index (χ1n) is 11.2. The Labute approximate surface area is 212 Å². The number of rotatable bonds is 6. The van der Waals surface area contributed by atoms with E-state index in [-0.39, 0.29) is 17.0 Å². The molecule has 1 aliphatic rings. The molecule has 1 aromatic heterocycles. The number of imide groups is 1. The van der Waals surface area contributed by atoms with Crippen molar-refractivity contribution in [3.8, 4) is 5.69 Å². The summed E-state index contributed by atoms with van der Waals surface area (Å²) in [4.78, 5) is 50.4. The zero-order chi connectivity index (χ0) is 26.1. The number of hydrogen-bond donors (Lipinski definition) is 2. The van der Waals surface area contributed by atoms with Crippen LogP contribution in [0.25, 0.3) is 11.8 Å². The highest BCUT2D eigenvalue weighted by Gasteiger charge is 2.36. The van der Waals surface area contributed by atoms with E-state index in [4.69, 9.17) is 5.11 Å². The van der Waals surface area contributed by atoms with E-state index >= 15 is 0 Å². The van der Waals surface area contributed by atoms with Crippen molar-refractivity contribution in [3.05, 3.63) is 87.1 Å². The van der Waals surface area contributed by atoms with Crippen molar-refractivity contribution in [2.45, 2.75) is 27.7 Å². The third-order valence-corrected chi connectivity index (χ3v) is 6.72. The fraction of sp³-hybridized carbons (Fsp3) is 0.185. The van der Waals surface area contributed by atoms with Gasteiger partial charge in [-0.15, -0.1) is 0 Å². The molecule has 0 unspecified atom stereocenters. The number of carboxylic acids is 1. The van der Waals surface area contributed by atoms with Gasteiger partial charge in [-0.3, -0.25) is 19.3 Å². The van der Waals surface area contributed by atoms with E-state index in [2.05, 4.69) is 5.32 Å². The molecule has 2 aromatic carbocycles. The van der Waals surface area contributed by atoms with Gasteiger partial charge >= 0.3 is 5.97 Å². The molecule has 0 saturated carbocycles. The molecule has 0 aliphatic carbocycles. The summed E-state index contributed by atoms with van der Waals surface area (Å²) in [5, 5.41) is 11.4. The van der Waals surface area contributed by atoms with Crippen LogP contribution < -0.4 is 5.32 Å². The summed E-state index contributed by atoms with van der Waals surface area (Å²) in [6.07, 6.45) is 1.65. The maximum atomic E-state index is 13.0. The van der Waals surface area contributed by atoms with Crippen LogP contribution in [0.15, 0.2) is 53.4 Å². The van der Waals surface area contributed by atoms with Gasteiger partial charge in [-0.25, -0.2) is 4.79 Å². The first kappa shape index (κ1) is 25.0. The smallest absolute Gasteiger partial charge is 0.335 e. The van der Waals surface area contributed by atoms with E-state index in [0.29, 0.717) is 5.69 Å². The zero-order valence-corrected chi connectivity index (χ0v) is 21.1. The molecule has 184 valence electrons. The molecular weight excluding hydrogens is 478 g/mol. The second-order valence-electron chi connectivity index (χ2n) is 8.71. The highest BCUT2D eigenvalue weighted by molar-refractivity contribution is 8.18. The molecule has 1 aliphatic heterocycles. The molecule has 0 radical (unpaired) electrons. The second kappa shape index (κ2) is 9.87. The van der Waals surface area contributed by atoms with Crippen LogP contribution in [0.1, 0.15) is 38.4 Å². The minimum atomic E-state index is -0.999. The van der Waals surface area contributed by atoms with Gasteiger partial charge in [0.25, 0.3) is 11.1 Å². The van der Waals surface area contributed by atoms with E-state index in [0.717, 1.165) is 50.4 Å². The Morgan fingerprint density at radius 2 is 1.61 bits per heavy atom. The Hall–Kier alpha value is -4.11. The molecule has 36 heavy (non-hydrogen) atoms. The van der Waals surface area contributed by atoms with Gasteiger partial charge in [0.1, 0.15) is 6.54 Å². The molecule has 0 atom stereocenters. The molecule has 1 fully saturated rings. The van der Waals surface area contributed by atoms with Crippen LogP contribution >= 0.6 is 11.8 Å². The van der Waals surface area contributed by atoms with Crippen molar-refractivity contribution in [1.29, 1.82) is 0 Å². The quantitative estimate of drug-likeness (QED) is 0.454. The van der Waals surface area contributed by atoms with Crippen LogP contribution in [0.4, 0.5) is 10.5 Å². The lowest BCUT2D eigenvalue weighted by Crippen LogP contribution is -2.36. The minimum Gasteiger partial charge on any atom is -0.478 e. The van der Waals surface area contributed by atoms with Gasteiger partial charge in [0, 0.05) is 22.8 Å². The number of aryl methyl sites for hydroxylation is 3. The lowest BCUT2D eigenvalue weighted by Gasteiger charge is -2.13. The summed E-state index contributed by atoms with van der Waals surface area (Å²) >= 11 is 0.799. The van der Waals surface area contributed by atoms with Crippen LogP contribution in [-0.2, 0) is 9.59 Å². The lowest BCUT2D eigenvalue weighted by atomic mass is 10.1. The fourth-order valence-corrected chi connectivity index (χ4v) is 5.08. The average Bonchev–Trinajstić information content (AvgIpc) is 3.22. The summed E-state index contributed by atoms with van der Waals surface area (Å²) in [6, 6.07) is 14.0. The van der Waals surface area contributed by atoms with Gasteiger partial charge < -0.3 is 15.0 Å². The highest BCUT2D eigenvalue weighted by atomic mass is 32.2. The number of thioether (sulfide) groups is 1. The Kier molecular flexibility index (Phi) is 6.85. The number of aromatic carboxylic acids is 1. The van der Waals surface area contributed by atoms with Gasteiger partial charge in [0.2, 0.25) is 5.91 Å². The monoisotopic (exact) mass is 503 g/mol. The summed E-state index contributed by atoms with van der Waals surface area (Å²) in [6.45, 7) is 7.26. The van der Waals surface area contributed by atoms with Crippen LogP contribution in [0.5, 0.6) is 0 Å². The SMILES string of the molecule is Cc1cc(C)cc(NC(=O)CN2C(=O)S/C(=C/c3cc(C)n(-c4ccc(C(=O)O)cc4)c3C)C2=O)c1. The van der Waals surface area contributed by atoms with Crippen molar-refractivity contribution >= 4 is 46.5 Å². The number of hydrogen-bond acceptors (Lipinski definition) is 5. The summed E-state index contributed by atoms with van der Waals surface area (Å²) in [7, 11) is 0. The molecular formula is C27H25N3O5S. The largest absolute Gasteiger partial charge is 0.478 e. The number of nitrogens with zero attached hydrogens (tertiary/aromatic N) is 2. The van der Waals surface area contributed by atoms with E-state index < -0.39 is 23.0 Å². The topological polar surface area (TPSA) is 109 Å². The number of nitrogens with one attached hydrogen (secondary N) is 1. The first-order valence-corrected chi connectivity index (χ1v) is 12.0. The van der Waals surface area contributed by atoms with E-state index in [1.54, 1.807) is 18.2 Å². The fourth-order valence-electron chi connectivity index (χ4n) is 4.25. The number of benzene rings is 2. The molecule has 9 heteroatoms. The Morgan fingerprint density at radius 3 is 2.22 bits per heavy atom. The molecule has 2 N–H and O–H groups in total.